The summed E-state index contributed by atoms with van der Waals surface area (Å²) in [5.41, 5.74) is 1.01. The second-order valence-electron chi connectivity index (χ2n) is 11.6. The maximum Gasteiger partial charge on any atom is 0.316 e. The van der Waals surface area contributed by atoms with E-state index in [1.807, 2.05) is 4.90 Å². The lowest BCUT2D eigenvalue weighted by molar-refractivity contribution is 0.0870. The first kappa shape index (κ1) is 28.6. The third-order valence-electron chi connectivity index (χ3n) is 7.97. The molecule has 5 rings (SSSR count). The highest BCUT2D eigenvalue weighted by Gasteiger charge is 2.34. The summed E-state index contributed by atoms with van der Waals surface area (Å²) >= 11 is 6.20. The number of hydrogen-bond donors (Lipinski definition) is 0. The van der Waals surface area contributed by atoms with Crippen molar-refractivity contribution in [1.29, 1.82) is 0 Å². The molecule has 0 amide bonds. The average molecular weight is 586 g/mol. The molecule has 1 aliphatic carbocycles. The molecule has 2 aromatic heterocycles. The molecule has 0 radical (unpaired) electrons. The van der Waals surface area contributed by atoms with Crippen molar-refractivity contribution in [3.63, 3.8) is 0 Å². The summed E-state index contributed by atoms with van der Waals surface area (Å²) in [5, 5.41) is 5.00. The van der Waals surface area contributed by atoms with Crippen LogP contribution >= 0.6 is 11.6 Å². The number of pyridine rings is 1. The average Bonchev–Trinajstić information content (AvgIpc) is 2.94. The number of benzene rings is 1. The molecule has 0 N–H and O–H groups in total. The van der Waals surface area contributed by atoms with Crippen LogP contribution in [0, 0.1) is 11.3 Å². The van der Waals surface area contributed by atoms with E-state index in [1.54, 1.807) is 42.6 Å². The summed E-state index contributed by atoms with van der Waals surface area (Å²) in [6, 6.07) is 11.8. The van der Waals surface area contributed by atoms with E-state index >= 15 is 0 Å². The zero-order valence-electron chi connectivity index (χ0n) is 23.2. The molecule has 0 atom stereocenters. The van der Waals surface area contributed by atoms with E-state index in [-0.39, 0.29) is 40.9 Å². The summed E-state index contributed by atoms with van der Waals surface area (Å²) in [4.78, 5) is 19.9. The van der Waals surface area contributed by atoms with E-state index in [0.29, 0.717) is 35.4 Å². The largest absolute Gasteiger partial charge is 0.483 e. The number of nitrogens with zero attached hydrogens (tertiary/aromatic N) is 5. The predicted molar refractivity (Wildman–Crippen MR) is 156 cm³/mol. The lowest BCUT2D eigenvalue weighted by Crippen LogP contribution is -2.49. The standard InChI is InChI=1S/C29H36ClN5O4S/c1-29(2,3)21-10-12-24(13-11-21)39-27-25(20-32-35(28(27)36)23-8-6-7-22(30)19-23)33-15-17-34(18-16-33)40(37,38)26-9-4-5-14-31-26/h4-9,14,19-21,24H,10-13,15-18H2,1-3H3. The fourth-order valence-corrected chi connectivity index (χ4v) is 7.11. The Morgan fingerprint density at radius 3 is 2.33 bits per heavy atom. The molecule has 214 valence electrons. The SMILES string of the molecule is CC(C)(C)C1CCC(Oc2c(N3CCN(S(=O)(=O)c4ccccn4)CC3)cnn(-c3cccc(Cl)c3)c2=O)CC1. The number of hydrogen-bond acceptors (Lipinski definition) is 7. The first-order valence-corrected chi connectivity index (χ1v) is 15.6. The van der Waals surface area contributed by atoms with E-state index in [1.165, 1.54) is 21.3 Å². The molecule has 0 spiro atoms. The number of sulfonamides is 1. The number of rotatable bonds is 6. The molecule has 1 aromatic carbocycles. The minimum absolute atomic E-state index is 0.0316. The van der Waals surface area contributed by atoms with Crippen molar-refractivity contribution in [3.05, 3.63) is 70.2 Å². The Morgan fingerprint density at radius 2 is 1.70 bits per heavy atom. The van der Waals surface area contributed by atoms with Crippen LogP contribution in [0.2, 0.25) is 5.02 Å². The van der Waals surface area contributed by atoms with E-state index in [4.69, 9.17) is 16.3 Å². The highest BCUT2D eigenvalue weighted by molar-refractivity contribution is 7.89. The Kier molecular flexibility index (Phi) is 8.22. The monoisotopic (exact) mass is 585 g/mol. The fourth-order valence-electron chi connectivity index (χ4n) is 5.57. The Hall–Kier alpha value is -2.95. The summed E-state index contributed by atoms with van der Waals surface area (Å²) in [6.07, 6.45) is 6.87. The topological polar surface area (TPSA) is 97.6 Å². The van der Waals surface area contributed by atoms with Gasteiger partial charge in [0.05, 0.1) is 18.0 Å². The van der Waals surface area contributed by atoms with Gasteiger partial charge in [0.15, 0.2) is 5.03 Å². The van der Waals surface area contributed by atoms with E-state index in [0.717, 1.165) is 25.7 Å². The lowest BCUT2D eigenvalue weighted by atomic mass is 9.72. The summed E-state index contributed by atoms with van der Waals surface area (Å²) in [6.45, 7) is 8.12. The van der Waals surface area contributed by atoms with Gasteiger partial charge in [0, 0.05) is 37.4 Å². The molecule has 1 saturated heterocycles. The van der Waals surface area contributed by atoms with Crippen molar-refractivity contribution >= 4 is 27.3 Å². The van der Waals surface area contributed by atoms with Gasteiger partial charge < -0.3 is 9.64 Å². The minimum Gasteiger partial charge on any atom is -0.483 e. The highest BCUT2D eigenvalue weighted by atomic mass is 35.5. The van der Waals surface area contributed by atoms with Crippen LogP contribution in [0.1, 0.15) is 46.5 Å². The van der Waals surface area contributed by atoms with Gasteiger partial charge in [-0.3, -0.25) is 4.79 Å². The normalized spacial score (nSPS) is 20.9. The van der Waals surface area contributed by atoms with Crippen LogP contribution in [0.3, 0.4) is 0 Å². The van der Waals surface area contributed by atoms with E-state index in [9.17, 15) is 13.2 Å². The molecular weight excluding hydrogens is 550 g/mol. The van der Waals surface area contributed by atoms with Gasteiger partial charge in [-0.05, 0) is 67.3 Å². The third-order valence-corrected chi connectivity index (χ3v) is 10.0. The van der Waals surface area contributed by atoms with Gasteiger partial charge in [-0.25, -0.2) is 13.4 Å². The van der Waals surface area contributed by atoms with Crippen LogP contribution in [-0.4, -0.2) is 59.8 Å². The first-order valence-electron chi connectivity index (χ1n) is 13.7. The molecular formula is C29H36ClN5O4S. The van der Waals surface area contributed by atoms with Crippen molar-refractivity contribution in [3.8, 4) is 11.4 Å². The minimum atomic E-state index is -3.70. The molecule has 1 aliphatic heterocycles. The van der Waals surface area contributed by atoms with E-state index < -0.39 is 10.0 Å². The van der Waals surface area contributed by atoms with Crippen LogP contribution in [0.15, 0.2) is 64.7 Å². The van der Waals surface area contributed by atoms with Gasteiger partial charge in [-0.1, -0.05) is 44.5 Å². The second kappa shape index (κ2) is 11.5. The molecule has 1 saturated carbocycles. The quantitative estimate of drug-likeness (QED) is 0.411. The van der Waals surface area contributed by atoms with Gasteiger partial charge >= 0.3 is 5.56 Å². The summed E-state index contributed by atoms with van der Waals surface area (Å²) in [7, 11) is -3.70. The van der Waals surface area contributed by atoms with Gasteiger partial charge in [-0.15, -0.1) is 0 Å². The Morgan fingerprint density at radius 1 is 0.975 bits per heavy atom. The molecule has 2 fully saturated rings. The van der Waals surface area contributed by atoms with Crippen molar-refractivity contribution in [2.24, 2.45) is 11.3 Å². The Labute approximate surface area is 240 Å². The van der Waals surface area contributed by atoms with Crippen molar-refractivity contribution < 1.29 is 13.2 Å². The molecule has 0 bridgehead atoms. The fraction of sp³-hybridized carbons (Fsp3) is 0.483. The van der Waals surface area contributed by atoms with Crippen LogP contribution in [0.4, 0.5) is 5.69 Å². The zero-order chi connectivity index (χ0) is 28.5. The van der Waals surface area contributed by atoms with Gasteiger partial charge in [0.1, 0.15) is 5.69 Å². The molecule has 0 unspecified atom stereocenters. The van der Waals surface area contributed by atoms with Crippen LogP contribution in [-0.2, 0) is 10.0 Å². The highest BCUT2D eigenvalue weighted by Crippen LogP contribution is 2.39. The Balaban J connectivity index is 1.41. The number of halogens is 1. The smallest absolute Gasteiger partial charge is 0.316 e. The maximum absolute atomic E-state index is 13.8. The third kappa shape index (κ3) is 6.04. The molecule has 9 nitrogen and oxygen atoms in total. The number of piperazine rings is 1. The van der Waals surface area contributed by atoms with Crippen molar-refractivity contribution in [1.82, 2.24) is 19.1 Å². The van der Waals surface area contributed by atoms with Gasteiger partial charge in [0.2, 0.25) is 5.75 Å². The summed E-state index contributed by atoms with van der Waals surface area (Å²) < 4.78 is 35.4. The summed E-state index contributed by atoms with van der Waals surface area (Å²) in [5.74, 6) is 0.858. The lowest BCUT2D eigenvalue weighted by Gasteiger charge is -2.38. The number of anilines is 1. The molecule has 3 aromatic rings. The second-order valence-corrected chi connectivity index (χ2v) is 13.9. The predicted octanol–water partition coefficient (Wildman–Crippen LogP) is 4.78. The first-order chi connectivity index (χ1) is 19.0. The molecule has 2 aliphatic rings. The molecule has 11 heteroatoms. The van der Waals surface area contributed by atoms with Crippen LogP contribution in [0.25, 0.3) is 5.69 Å². The number of aromatic nitrogens is 3. The van der Waals surface area contributed by atoms with Crippen molar-refractivity contribution in [2.45, 2.75) is 57.6 Å². The number of ether oxygens (including phenoxy) is 1. The van der Waals surface area contributed by atoms with Gasteiger partial charge in [0.25, 0.3) is 10.0 Å². The Bertz CT molecular complexity index is 1490. The maximum atomic E-state index is 13.8. The van der Waals surface area contributed by atoms with Gasteiger partial charge in [-0.2, -0.15) is 14.1 Å². The zero-order valence-corrected chi connectivity index (χ0v) is 24.7. The van der Waals surface area contributed by atoms with E-state index in [2.05, 4.69) is 30.9 Å². The molecule has 3 heterocycles. The molecule has 40 heavy (non-hydrogen) atoms. The van der Waals surface area contributed by atoms with Crippen LogP contribution in [0.5, 0.6) is 5.75 Å². The van der Waals surface area contributed by atoms with Crippen molar-refractivity contribution in [2.75, 3.05) is 31.1 Å². The van der Waals surface area contributed by atoms with Crippen LogP contribution < -0.4 is 15.2 Å².